The topological polar surface area (TPSA) is 89.5 Å². The van der Waals surface area contributed by atoms with E-state index in [0.29, 0.717) is 51.2 Å². The molecule has 0 N–H and O–H groups in total. The summed E-state index contributed by atoms with van der Waals surface area (Å²) < 4.78 is 33.3. The molecular weight excluding hydrogens is 464 g/mol. The molecule has 3 aromatic carbocycles. The van der Waals surface area contributed by atoms with Crippen LogP contribution < -0.4 is 28.4 Å². The number of rotatable bonds is 6. The van der Waals surface area contributed by atoms with Gasteiger partial charge in [-0.05, 0) is 36.4 Å². The molecule has 1 atom stereocenters. The Morgan fingerprint density at radius 1 is 0.806 bits per heavy atom. The average molecular weight is 488 g/mol. The summed E-state index contributed by atoms with van der Waals surface area (Å²) in [6, 6.07) is 13.9. The monoisotopic (exact) mass is 488 g/mol. The lowest BCUT2D eigenvalue weighted by atomic mass is 9.84. The van der Waals surface area contributed by atoms with Crippen LogP contribution in [0.15, 0.2) is 54.3 Å². The Bertz CT molecular complexity index is 1400. The Morgan fingerprint density at radius 2 is 1.50 bits per heavy atom. The van der Waals surface area contributed by atoms with Crippen LogP contribution in [0.5, 0.6) is 34.5 Å². The van der Waals surface area contributed by atoms with Crippen LogP contribution in [0.2, 0.25) is 0 Å². The maximum Gasteiger partial charge on any atom is 0.312 e. The Kier molecular flexibility index (Phi) is 6.01. The second-order valence-corrected chi connectivity index (χ2v) is 8.24. The van der Waals surface area contributed by atoms with Crippen LogP contribution in [0.25, 0.3) is 6.08 Å². The molecule has 0 aliphatic carbocycles. The molecule has 8 nitrogen and oxygen atoms in total. The number of carbonyl (C=O) groups is 2. The van der Waals surface area contributed by atoms with Crippen molar-refractivity contribution in [2.45, 2.75) is 12.3 Å². The van der Waals surface area contributed by atoms with Crippen molar-refractivity contribution in [3.8, 4) is 34.5 Å². The predicted molar refractivity (Wildman–Crippen MR) is 131 cm³/mol. The lowest BCUT2D eigenvalue weighted by molar-refractivity contribution is -0.135. The van der Waals surface area contributed by atoms with Gasteiger partial charge in [0.15, 0.2) is 5.76 Å². The largest absolute Gasteiger partial charge is 0.497 e. The Labute approximate surface area is 207 Å². The van der Waals surface area contributed by atoms with Crippen molar-refractivity contribution >= 4 is 17.8 Å². The van der Waals surface area contributed by atoms with Gasteiger partial charge >= 0.3 is 5.97 Å². The van der Waals surface area contributed by atoms with E-state index in [1.54, 1.807) is 77.0 Å². The summed E-state index contributed by atoms with van der Waals surface area (Å²) in [5, 5.41) is 0. The molecule has 0 fully saturated rings. The van der Waals surface area contributed by atoms with Crippen LogP contribution in [-0.4, -0.2) is 40.2 Å². The zero-order valence-electron chi connectivity index (χ0n) is 20.2. The van der Waals surface area contributed by atoms with Gasteiger partial charge in [0.05, 0.1) is 40.4 Å². The minimum absolute atomic E-state index is 0.0645. The van der Waals surface area contributed by atoms with Crippen molar-refractivity contribution in [1.29, 1.82) is 0 Å². The van der Waals surface area contributed by atoms with Crippen LogP contribution in [0.4, 0.5) is 0 Å². The van der Waals surface area contributed by atoms with Crippen LogP contribution >= 0.6 is 0 Å². The Morgan fingerprint density at radius 3 is 2.19 bits per heavy atom. The minimum atomic E-state index is -0.445. The highest BCUT2D eigenvalue weighted by atomic mass is 16.5. The van der Waals surface area contributed by atoms with Gasteiger partial charge in [0.25, 0.3) is 0 Å². The second-order valence-electron chi connectivity index (χ2n) is 8.24. The number of hydrogen-bond acceptors (Lipinski definition) is 8. The van der Waals surface area contributed by atoms with Crippen molar-refractivity contribution in [3.63, 3.8) is 0 Å². The highest BCUT2D eigenvalue weighted by Gasteiger charge is 2.39. The lowest BCUT2D eigenvalue weighted by Crippen LogP contribution is -2.22. The number of ether oxygens (including phenoxy) is 6. The van der Waals surface area contributed by atoms with E-state index in [0.717, 1.165) is 5.56 Å². The molecule has 184 valence electrons. The number of methoxy groups -OCH3 is 4. The molecule has 0 amide bonds. The lowest BCUT2D eigenvalue weighted by Gasteiger charge is -2.27. The quantitative estimate of drug-likeness (QED) is 0.278. The summed E-state index contributed by atoms with van der Waals surface area (Å²) in [6.45, 7) is 0. The molecule has 1 unspecified atom stereocenters. The molecule has 8 heteroatoms. The number of fused-ring (bicyclic) bond motifs is 3. The first kappa shape index (κ1) is 23.3. The molecule has 2 heterocycles. The van der Waals surface area contributed by atoms with Crippen molar-refractivity contribution < 1.29 is 38.0 Å². The average Bonchev–Trinajstić information content (AvgIpc) is 3.22. The number of carbonyl (C=O) groups excluding carboxylic acids is 2. The molecule has 5 rings (SSSR count). The summed E-state index contributed by atoms with van der Waals surface area (Å²) >= 11 is 0. The van der Waals surface area contributed by atoms with E-state index in [1.807, 2.05) is 6.07 Å². The zero-order chi connectivity index (χ0) is 25.4. The van der Waals surface area contributed by atoms with Gasteiger partial charge in [-0.25, -0.2) is 0 Å². The van der Waals surface area contributed by atoms with Crippen molar-refractivity contribution in [2.75, 3.05) is 28.4 Å². The smallest absolute Gasteiger partial charge is 0.312 e. The van der Waals surface area contributed by atoms with Crippen molar-refractivity contribution in [1.82, 2.24) is 0 Å². The number of hydrogen-bond donors (Lipinski definition) is 0. The summed E-state index contributed by atoms with van der Waals surface area (Å²) in [5.74, 6) is 2.10. The van der Waals surface area contributed by atoms with Gasteiger partial charge in [-0.2, -0.15) is 0 Å². The predicted octanol–water partition coefficient (Wildman–Crippen LogP) is 4.78. The van der Waals surface area contributed by atoms with Crippen LogP contribution in [-0.2, 0) is 4.79 Å². The molecule has 0 saturated heterocycles. The molecule has 3 aromatic rings. The molecular formula is C28H24O8. The van der Waals surface area contributed by atoms with E-state index in [4.69, 9.17) is 28.4 Å². The molecule has 0 saturated carbocycles. The van der Waals surface area contributed by atoms with Gasteiger partial charge in [-0.3, -0.25) is 9.59 Å². The van der Waals surface area contributed by atoms with Gasteiger partial charge in [-0.1, -0.05) is 6.07 Å². The Hall–Kier alpha value is -4.46. The molecule has 2 aliphatic rings. The highest BCUT2D eigenvalue weighted by Crippen LogP contribution is 2.51. The summed E-state index contributed by atoms with van der Waals surface area (Å²) in [6.07, 6.45) is 1.69. The first-order valence-corrected chi connectivity index (χ1v) is 11.2. The maximum absolute atomic E-state index is 13.3. The summed E-state index contributed by atoms with van der Waals surface area (Å²) in [7, 11) is 6.23. The minimum Gasteiger partial charge on any atom is -0.497 e. The third kappa shape index (κ3) is 3.90. The van der Waals surface area contributed by atoms with Crippen molar-refractivity contribution in [2.24, 2.45) is 0 Å². The van der Waals surface area contributed by atoms with Gasteiger partial charge in [0.2, 0.25) is 5.78 Å². The number of allylic oxidation sites excluding steroid dienone is 1. The standard InChI is InChI=1S/C28H24O8/c1-31-16-6-5-15(22(12-16)33-3)11-24-27(30)19-9-10-21-26(28(19)36-24)20(14-25(29)35-21)18-8-7-17(32-2)13-23(18)34-4/h5-13,20H,14H2,1-4H3/b24-11-. The van der Waals surface area contributed by atoms with Gasteiger partial charge in [0.1, 0.15) is 34.5 Å². The first-order chi connectivity index (χ1) is 17.5. The number of Topliss-reactive ketones (excluding diaryl/α,β-unsaturated/α-hetero) is 1. The van der Waals surface area contributed by atoms with Gasteiger partial charge in [0, 0.05) is 34.7 Å². The maximum atomic E-state index is 13.3. The second kappa shape index (κ2) is 9.30. The van der Waals surface area contributed by atoms with E-state index in [9.17, 15) is 9.59 Å². The SMILES string of the molecule is COc1ccc(/C=C2\Oc3c(ccc4c3C(c3ccc(OC)cc3OC)CC(=O)O4)C2=O)c(OC)c1. The molecule has 0 radical (unpaired) electrons. The Balaban J connectivity index is 1.61. The number of esters is 1. The van der Waals surface area contributed by atoms with E-state index >= 15 is 0 Å². The van der Waals surface area contributed by atoms with Crippen LogP contribution in [0.3, 0.4) is 0 Å². The van der Waals surface area contributed by atoms with E-state index < -0.39 is 5.92 Å². The normalized spacial score (nSPS) is 17.1. The van der Waals surface area contributed by atoms with E-state index in [-0.39, 0.29) is 23.9 Å². The third-order valence-corrected chi connectivity index (χ3v) is 6.32. The zero-order valence-corrected chi connectivity index (χ0v) is 20.2. The first-order valence-electron chi connectivity index (χ1n) is 11.2. The van der Waals surface area contributed by atoms with E-state index in [2.05, 4.69) is 0 Å². The molecule has 0 spiro atoms. The molecule has 2 aliphatic heterocycles. The van der Waals surface area contributed by atoms with Crippen molar-refractivity contribution in [3.05, 3.63) is 76.5 Å². The number of benzene rings is 3. The fourth-order valence-electron chi connectivity index (χ4n) is 4.56. The molecule has 36 heavy (non-hydrogen) atoms. The summed E-state index contributed by atoms with van der Waals surface area (Å²) in [5.41, 5.74) is 2.43. The molecule has 0 bridgehead atoms. The fourth-order valence-corrected chi connectivity index (χ4v) is 4.56. The fraction of sp³-hybridized carbons (Fsp3) is 0.214. The summed E-state index contributed by atoms with van der Waals surface area (Å²) in [4.78, 5) is 25.8. The molecule has 0 aromatic heterocycles. The number of ketones is 1. The van der Waals surface area contributed by atoms with Crippen LogP contribution in [0.1, 0.15) is 39.4 Å². The van der Waals surface area contributed by atoms with Gasteiger partial charge in [-0.15, -0.1) is 0 Å². The van der Waals surface area contributed by atoms with Crippen LogP contribution in [0, 0.1) is 0 Å². The van der Waals surface area contributed by atoms with E-state index in [1.165, 1.54) is 0 Å². The van der Waals surface area contributed by atoms with Gasteiger partial charge < -0.3 is 28.4 Å². The third-order valence-electron chi connectivity index (χ3n) is 6.32. The highest BCUT2D eigenvalue weighted by molar-refractivity contribution is 6.15.